The van der Waals surface area contributed by atoms with Crippen molar-refractivity contribution in [2.45, 2.75) is 33.6 Å². The third-order valence-corrected chi connectivity index (χ3v) is 4.39. The molecule has 1 heterocycles. The summed E-state index contributed by atoms with van der Waals surface area (Å²) in [6.07, 6.45) is 1.05. The Balaban J connectivity index is 2.07. The predicted octanol–water partition coefficient (Wildman–Crippen LogP) is 3.02. The molecule has 1 saturated heterocycles. The standard InChI is InChI=1S/C16H22N2O3/c1-4-16(14(19)20)7-8-18(10-16)15(21)17-13-6-5-11(2)9-12(13)3/h5-6,9H,4,7-8,10H2,1-3H3,(H,17,21)(H,19,20). The quantitative estimate of drug-likeness (QED) is 0.899. The van der Waals surface area contributed by atoms with E-state index in [1.54, 1.807) is 4.90 Å². The first-order chi connectivity index (χ1) is 9.88. The van der Waals surface area contributed by atoms with E-state index in [-0.39, 0.29) is 12.6 Å². The third-order valence-electron chi connectivity index (χ3n) is 4.39. The van der Waals surface area contributed by atoms with E-state index in [1.807, 2.05) is 39.0 Å². The van der Waals surface area contributed by atoms with Gasteiger partial charge in [-0.25, -0.2) is 4.79 Å². The number of carboxylic acid groups (broad SMARTS) is 1. The van der Waals surface area contributed by atoms with Crippen LogP contribution < -0.4 is 5.32 Å². The van der Waals surface area contributed by atoms with Crippen LogP contribution in [0.3, 0.4) is 0 Å². The Labute approximate surface area is 125 Å². The number of nitrogens with zero attached hydrogens (tertiary/aromatic N) is 1. The van der Waals surface area contributed by atoms with Crippen LogP contribution in [-0.4, -0.2) is 35.1 Å². The van der Waals surface area contributed by atoms with E-state index in [9.17, 15) is 14.7 Å². The number of anilines is 1. The molecular formula is C16H22N2O3. The van der Waals surface area contributed by atoms with Crippen LogP contribution in [0.15, 0.2) is 18.2 Å². The number of amides is 2. The Kier molecular flexibility index (Phi) is 4.21. The van der Waals surface area contributed by atoms with Crippen molar-refractivity contribution in [3.05, 3.63) is 29.3 Å². The Hall–Kier alpha value is -2.04. The van der Waals surface area contributed by atoms with Crippen molar-refractivity contribution in [3.63, 3.8) is 0 Å². The van der Waals surface area contributed by atoms with Gasteiger partial charge < -0.3 is 15.3 Å². The van der Waals surface area contributed by atoms with E-state index in [4.69, 9.17) is 0 Å². The number of benzene rings is 1. The molecule has 2 N–H and O–H groups in total. The highest BCUT2D eigenvalue weighted by atomic mass is 16.4. The third kappa shape index (κ3) is 3.01. The highest BCUT2D eigenvalue weighted by Crippen LogP contribution is 2.34. The molecule has 1 unspecified atom stereocenters. The first-order valence-corrected chi connectivity index (χ1v) is 7.24. The van der Waals surface area contributed by atoms with Gasteiger partial charge in [-0.2, -0.15) is 0 Å². The molecule has 1 aliphatic rings. The second-order valence-corrected chi connectivity index (χ2v) is 5.86. The van der Waals surface area contributed by atoms with E-state index >= 15 is 0 Å². The van der Waals surface area contributed by atoms with Crippen molar-refractivity contribution in [2.24, 2.45) is 5.41 Å². The number of rotatable bonds is 3. The van der Waals surface area contributed by atoms with Gasteiger partial charge in [-0.3, -0.25) is 4.79 Å². The zero-order valence-electron chi connectivity index (χ0n) is 12.8. The van der Waals surface area contributed by atoms with Crippen LogP contribution in [0.4, 0.5) is 10.5 Å². The minimum absolute atomic E-state index is 0.224. The molecule has 0 spiro atoms. The summed E-state index contributed by atoms with van der Waals surface area (Å²) in [7, 11) is 0. The van der Waals surface area contributed by atoms with E-state index in [0.717, 1.165) is 16.8 Å². The zero-order valence-corrected chi connectivity index (χ0v) is 12.8. The summed E-state index contributed by atoms with van der Waals surface area (Å²) in [5, 5.41) is 12.2. The number of carboxylic acids is 1. The topological polar surface area (TPSA) is 69.6 Å². The lowest BCUT2D eigenvalue weighted by Crippen LogP contribution is -2.38. The monoisotopic (exact) mass is 290 g/mol. The SMILES string of the molecule is CCC1(C(=O)O)CCN(C(=O)Nc2ccc(C)cc2C)C1. The molecule has 114 valence electrons. The van der Waals surface area contributed by atoms with Gasteiger partial charge in [0.2, 0.25) is 0 Å². The average molecular weight is 290 g/mol. The maximum absolute atomic E-state index is 12.3. The van der Waals surface area contributed by atoms with E-state index < -0.39 is 11.4 Å². The second kappa shape index (κ2) is 5.76. The molecule has 0 radical (unpaired) electrons. The van der Waals surface area contributed by atoms with Crippen LogP contribution in [-0.2, 0) is 4.79 Å². The molecule has 21 heavy (non-hydrogen) atoms. The van der Waals surface area contributed by atoms with E-state index in [2.05, 4.69) is 5.32 Å². The molecule has 0 saturated carbocycles. The number of carbonyl (C=O) groups is 2. The molecule has 1 aromatic rings. The summed E-state index contributed by atoms with van der Waals surface area (Å²) in [4.78, 5) is 25.3. The molecule has 0 aromatic heterocycles. The smallest absolute Gasteiger partial charge is 0.321 e. The molecular weight excluding hydrogens is 268 g/mol. The average Bonchev–Trinajstić information content (AvgIpc) is 2.88. The first-order valence-electron chi connectivity index (χ1n) is 7.24. The van der Waals surface area contributed by atoms with Gasteiger partial charge in [-0.1, -0.05) is 24.6 Å². The number of hydrogen-bond acceptors (Lipinski definition) is 2. The van der Waals surface area contributed by atoms with Crippen molar-refractivity contribution in [1.29, 1.82) is 0 Å². The van der Waals surface area contributed by atoms with Gasteiger partial charge in [-0.05, 0) is 38.3 Å². The summed E-state index contributed by atoms with van der Waals surface area (Å²) in [5.41, 5.74) is 2.12. The van der Waals surface area contributed by atoms with Crippen LogP contribution in [0.25, 0.3) is 0 Å². The van der Waals surface area contributed by atoms with Crippen LogP contribution in [0.1, 0.15) is 30.9 Å². The minimum Gasteiger partial charge on any atom is -0.481 e. The zero-order chi connectivity index (χ0) is 15.6. The van der Waals surface area contributed by atoms with E-state index in [1.165, 1.54) is 0 Å². The molecule has 0 aliphatic carbocycles. The van der Waals surface area contributed by atoms with Gasteiger partial charge in [0.05, 0.1) is 5.41 Å². The van der Waals surface area contributed by atoms with Crippen LogP contribution in [0, 0.1) is 19.3 Å². The van der Waals surface area contributed by atoms with Crippen molar-refractivity contribution in [3.8, 4) is 0 Å². The van der Waals surface area contributed by atoms with Crippen LogP contribution in [0.2, 0.25) is 0 Å². The first kappa shape index (κ1) is 15.4. The van der Waals surface area contributed by atoms with Gasteiger partial charge in [-0.15, -0.1) is 0 Å². The Morgan fingerprint density at radius 3 is 2.62 bits per heavy atom. The van der Waals surface area contributed by atoms with Crippen molar-refractivity contribution < 1.29 is 14.7 Å². The molecule has 1 fully saturated rings. The lowest BCUT2D eigenvalue weighted by molar-refractivity contribution is -0.148. The molecule has 1 aromatic carbocycles. The van der Waals surface area contributed by atoms with Gasteiger partial charge in [0.15, 0.2) is 0 Å². The summed E-state index contributed by atoms with van der Waals surface area (Å²) < 4.78 is 0. The van der Waals surface area contributed by atoms with Crippen LogP contribution >= 0.6 is 0 Å². The molecule has 5 heteroatoms. The number of nitrogens with one attached hydrogen (secondary N) is 1. The lowest BCUT2D eigenvalue weighted by atomic mass is 9.84. The highest BCUT2D eigenvalue weighted by Gasteiger charge is 2.44. The number of aliphatic carboxylic acids is 1. The maximum Gasteiger partial charge on any atom is 0.321 e. The van der Waals surface area contributed by atoms with Crippen LogP contribution in [0.5, 0.6) is 0 Å². The maximum atomic E-state index is 12.3. The van der Waals surface area contributed by atoms with Gasteiger partial charge in [0, 0.05) is 18.8 Å². The molecule has 5 nitrogen and oxygen atoms in total. The van der Waals surface area contributed by atoms with Gasteiger partial charge in [0.1, 0.15) is 0 Å². The van der Waals surface area contributed by atoms with Crippen molar-refractivity contribution in [2.75, 3.05) is 18.4 Å². The molecule has 2 amide bonds. The lowest BCUT2D eigenvalue weighted by Gasteiger charge is -2.23. The molecule has 2 rings (SSSR count). The largest absolute Gasteiger partial charge is 0.481 e. The second-order valence-electron chi connectivity index (χ2n) is 5.86. The number of aryl methyl sites for hydroxylation is 2. The normalized spacial score (nSPS) is 21.4. The predicted molar refractivity (Wildman–Crippen MR) is 81.5 cm³/mol. The van der Waals surface area contributed by atoms with Gasteiger partial charge >= 0.3 is 12.0 Å². The number of carbonyl (C=O) groups excluding carboxylic acids is 1. The fourth-order valence-corrected chi connectivity index (χ4v) is 2.81. The van der Waals surface area contributed by atoms with Crippen molar-refractivity contribution >= 4 is 17.7 Å². The minimum atomic E-state index is -0.813. The number of urea groups is 1. The fourth-order valence-electron chi connectivity index (χ4n) is 2.81. The van der Waals surface area contributed by atoms with E-state index in [0.29, 0.717) is 19.4 Å². The van der Waals surface area contributed by atoms with Crippen molar-refractivity contribution in [1.82, 2.24) is 4.90 Å². The Bertz CT molecular complexity index is 571. The fraction of sp³-hybridized carbons (Fsp3) is 0.500. The number of likely N-dealkylation sites (tertiary alicyclic amines) is 1. The summed E-state index contributed by atoms with van der Waals surface area (Å²) in [5.74, 6) is -0.813. The Morgan fingerprint density at radius 1 is 1.38 bits per heavy atom. The summed E-state index contributed by atoms with van der Waals surface area (Å²) in [6, 6.07) is 5.61. The molecule has 0 bridgehead atoms. The van der Waals surface area contributed by atoms with Gasteiger partial charge in [0.25, 0.3) is 0 Å². The molecule has 1 atom stereocenters. The Morgan fingerprint density at radius 2 is 2.10 bits per heavy atom. The highest BCUT2D eigenvalue weighted by molar-refractivity contribution is 5.91. The summed E-state index contributed by atoms with van der Waals surface area (Å²) in [6.45, 7) is 6.56. The summed E-state index contributed by atoms with van der Waals surface area (Å²) >= 11 is 0. The molecule has 1 aliphatic heterocycles. The number of hydrogen-bond donors (Lipinski definition) is 2.